The molecule has 1 rings (SSSR count). The summed E-state index contributed by atoms with van der Waals surface area (Å²) >= 11 is 0. The SMILES string of the molecule is CNCC1(CNS(=O)(=O)C(C)(C)C)CC1. The number of nitrogens with one attached hydrogen (secondary N) is 2. The zero-order valence-electron chi connectivity index (χ0n) is 10.1. The fourth-order valence-corrected chi connectivity index (χ4v) is 2.36. The van der Waals surface area contributed by atoms with E-state index < -0.39 is 14.8 Å². The van der Waals surface area contributed by atoms with Gasteiger partial charge in [-0.2, -0.15) is 0 Å². The first kappa shape index (κ1) is 12.9. The minimum Gasteiger partial charge on any atom is -0.319 e. The highest BCUT2D eigenvalue weighted by molar-refractivity contribution is 7.90. The van der Waals surface area contributed by atoms with Crippen molar-refractivity contribution >= 4 is 10.0 Å². The van der Waals surface area contributed by atoms with Gasteiger partial charge in [0.2, 0.25) is 10.0 Å². The Morgan fingerprint density at radius 1 is 1.20 bits per heavy atom. The fraction of sp³-hybridized carbons (Fsp3) is 1.00. The maximum atomic E-state index is 11.8. The molecule has 0 amide bonds. The van der Waals surface area contributed by atoms with Crippen LogP contribution < -0.4 is 10.0 Å². The predicted octanol–water partition coefficient (Wildman–Crippen LogP) is 0.704. The van der Waals surface area contributed by atoms with Crippen LogP contribution >= 0.6 is 0 Å². The Labute approximate surface area is 92.9 Å². The van der Waals surface area contributed by atoms with E-state index in [4.69, 9.17) is 0 Å². The molecule has 0 aromatic heterocycles. The minimum atomic E-state index is -3.19. The molecule has 0 heterocycles. The van der Waals surface area contributed by atoms with Crippen LogP contribution in [0.15, 0.2) is 0 Å². The molecule has 0 bridgehead atoms. The molecule has 1 aliphatic carbocycles. The molecule has 5 heteroatoms. The van der Waals surface area contributed by atoms with Crippen LogP contribution in [0.2, 0.25) is 0 Å². The van der Waals surface area contributed by atoms with E-state index in [2.05, 4.69) is 10.0 Å². The highest BCUT2D eigenvalue weighted by Crippen LogP contribution is 2.44. The Kier molecular flexibility index (Phi) is 3.48. The molecular weight excluding hydrogens is 212 g/mol. The molecule has 0 aromatic carbocycles. The van der Waals surface area contributed by atoms with Crippen LogP contribution in [0.3, 0.4) is 0 Å². The highest BCUT2D eigenvalue weighted by atomic mass is 32.2. The third-order valence-electron chi connectivity index (χ3n) is 2.95. The molecule has 1 fully saturated rings. The first-order valence-corrected chi connectivity index (χ1v) is 6.85. The predicted molar refractivity (Wildman–Crippen MR) is 62.3 cm³/mol. The molecule has 0 spiro atoms. The molecule has 0 saturated heterocycles. The van der Waals surface area contributed by atoms with Crippen LogP contribution in [-0.2, 0) is 10.0 Å². The van der Waals surface area contributed by atoms with E-state index >= 15 is 0 Å². The van der Waals surface area contributed by atoms with Crippen molar-refractivity contribution in [2.24, 2.45) is 5.41 Å². The lowest BCUT2D eigenvalue weighted by molar-refractivity contribution is 0.461. The summed E-state index contributed by atoms with van der Waals surface area (Å²) < 4.78 is 25.6. The van der Waals surface area contributed by atoms with E-state index in [-0.39, 0.29) is 5.41 Å². The third kappa shape index (κ3) is 3.16. The second-order valence-electron chi connectivity index (χ2n) is 5.47. The number of hydrogen-bond donors (Lipinski definition) is 2. The van der Waals surface area contributed by atoms with E-state index in [1.165, 1.54) is 0 Å². The Morgan fingerprint density at radius 3 is 2.07 bits per heavy atom. The van der Waals surface area contributed by atoms with Crippen molar-refractivity contribution in [2.45, 2.75) is 38.4 Å². The number of hydrogen-bond acceptors (Lipinski definition) is 3. The molecule has 0 atom stereocenters. The standard InChI is InChI=1S/C10H22N2O2S/c1-9(2,3)15(13,14)12-8-10(5-6-10)7-11-4/h11-12H,5-8H2,1-4H3. The largest absolute Gasteiger partial charge is 0.319 e. The molecule has 1 aliphatic rings. The lowest BCUT2D eigenvalue weighted by atomic mass is 10.1. The van der Waals surface area contributed by atoms with Crippen LogP contribution in [0, 0.1) is 5.41 Å². The third-order valence-corrected chi connectivity index (χ3v) is 5.09. The summed E-state index contributed by atoms with van der Waals surface area (Å²) in [6, 6.07) is 0. The molecule has 4 nitrogen and oxygen atoms in total. The summed E-state index contributed by atoms with van der Waals surface area (Å²) in [5.41, 5.74) is 0.174. The summed E-state index contributed by atoms with van der Waals surface area (Å²) in [4.78, 5) is 0. The van der Waals surface area contributed by atoms with Crippen LogP contribution in [0.25, 0.3) is 0 Å². The zero-order valence-corrected chi connectivity index (χ0v) is 10.9. The van der Waals surface area contributed by atoms with Crippen molar-refractivity contribution in [3.63, 3.8) is 0 Å². The van der Waals surface area contributed by atoms with Crippen molar-refractivity contribution in [1.29, 1.82) is 0 Å². The molecule has 1 saturated carbocycles. The van der Waals surface area contributed by atoms with Gasteiger partial charge in [-0.3, -0.25) is 0 Å². The molecule has 0 aromatic rings. The Hall–Kier alpha value is -0.130. The van der Waals surface area contributed by atoms with E-state index in [9.17, 15) is 8.42 Å². The smallest absolute Gasteiger partial charge is 0.216 e. The van der Waals surface area contributed by atoms with Crippen LogP contribution in [0.5, 0.6) is 0 Å². The molecule has 0 radical (unpaired) electrons. The molecule has 15 heavy (non-hydrogen) atoms. The molecule has 0 unspecified atom stereocenters. The van der Waals surface area contributed by atoms with E-state index in [1.807, 2.05) is 7.05 Å². The fourth-order valence-electron chi connectivity index (χ4n) is 1.43. The van der Waals surface area contributed by atoms with Gasteiger partial charge < -0.3 is 5.32 Å². The van der Waals surface area contributed by atoms with Gasteiger partial charge in [-0.1, -0.05) is 0 Å². The van der Waals surface area contributed by atoms with Crippen LogP contribution in [0.1, 0.15) is 33.6 Å². The first-order valence-electron chi connectivity index (χ1n) is 5.36. The van der Waals surface area contributed by atoms with Gasteiger partial charge in [0.15, 0.2) is 0 Å². The van der Waals surface area contributed by atoms with E-state index in [0.29, 0.717) is 6.54 Å². The summed E-state index contributed by atoms with van der Waals surface area (Å²) in [6.45, 7) is 6.60. The molecule has 0 aliphatic heterocycles. The van der Waals surface area contributed by atoms with Gasteiger partial charge in [0.05, 0.1) is 4.75 Å². The molecule has 2 N–H and O–H groups in total. The van der Waals surface area contributed by atoms with Crippen molar-refractivity contribution in [3.05, 3.63) is 0 Å². The Bertz CT molecular complexity index is 313. The number of sulfonamides is 1. The Morgan fingerprint density at radius 2 is 1.73 bits per heavy atom. The number of rotatable bonds is 5. The maximum Gasteiger partial charge on any atom is 0.216 e. The van der Waals surface area contributed by atoms with Gasteiger partial charge in [-0.15, -0.1) is 0 Å². The second kappa shape index (κ2) is 4.03. The monoisotopic (exact) mass is 234 g/mol. The van der Waals surface area contributed by atoms with Crippen LogP contribution in [0.4, 0.5) is 0 Å². The Balaban J connectivity index is 2.51. The normalized spacial score (nSPS) is 20.3. The maximum absolute atomic E-state index is 11.8. The van der Waals surface area contributed by atoms with Gasteiger partial charge in [0.25, 0.3) is 0 Å². The van der Waals surface area contributed by atoms with Crippen molar-refractivity contribution in [3.8, 4) is 0 Å². The summed E-state index contributed by atoms with van der Waals surface area (Å²) in [6.07, 6.45) is 2.22. The minimum absolute atomic E-state index is 0.174. The quantitative estimate of drug-likeness (QED) is 0.736. The van der Waals surface area contributed by atoms with Gasteiger partial charge >= 0.3 is 0 Å². The topological polar surface area (TPSA) is 58.2 Å². The molecule has 90 valence electrons. The average Bonchev–Trinajstić information content (AvgIpc) is 2.81. The van der Waals surface area contributed by atoms with Gasteiger partial charge in [-0.25, -0.2) is 13.1 Å². The molecular formula is C10H22N2O2S. The zero-order chi connectivity index (χ0) is 11.7. The average molecular weight is 234 g/mol. The van der Waals surface area contributed by atoms with Gasteiger partial charge in [0.1, 0.15) is 0 Å². The van der Waals surface area contributed by atoms with Crippen LogP contribution in [-0.4, -0.2) is 33.3 Å². The first-order chi connectivity index (χ1) is 6.72. The van der Waals surface area contributed by atoms with Crippen molar-refractivity contribution < 1.29 is 8.42 Å². The van der Waals surface area contributed by atoms with E-state index in [0.717, 1.165) is 19.4 Å². The second-order valence-corrected chi connectivity index (χ2v) is 7.99. The summed E-state index contributed by atoms with van der Waals surface area (Å²) in [7, 11) is -1.29. The lowest BCUT2D eigenvalue weighted by Gasteiger charge is -2.22. The van der Waals surface area contributed by atoms with Crippen molar-refractivity contribution in [2.75, 3.05) is 20.1 Å². The lowest BCUT2D eigenvalue weighted by Crippen LogP contribution is -2.43. The van der Waals surface area contributed by atoms with Gasteiger partial charge in [-0.05, 0) is 46.1 Å². The van der Waals surface area contributed by atoms with E-state index in [1.54, 1.807) is 20.8 Å². The highest BCUT2D eigenvalue weighted by Gasteiger charge is 2.43. The van der Waals surface area contributed by atoms with Gasteiger partial charge in [0, 0.05) is 13.1 Å². The van der Waals surface area contributed by atoms with Crippen molar-refractivity contribution in [1.82, 2.24) is 10.0 Å². The summed E-state index contributed by atoms with van der Waals surface area (Å²) in [5.74, 6) is 0. The summed E-state index contributed by atoms with van der Waals surface area (Å²) in [5, 5.41) is 3.11.